The van der Waals surface area contributed by atoms with E-state index in [1.54, 1.807) is 24.7 Å². The number of rotatable bonds is 4. The van der Waals surface area contributed by atoms with Crippen molar-refractivity contribution in [3.05, 3.63) is 67.3 Å². The number of pyridine rings is 2. The summed E-state index contributed by atoms with van der Waals surface area (Å²) in [5.74, 6) is 0. The van der Waals surface area contributed by atoms with Gasteiger partial charge in [0.25, 0.3) is 0 Å². The van der Waals surface area contributed by atoms with Crippen LogP contribution in [0, 0.1) is 0 Å². The fourth-order valence-corrected chi connectivity index (χ4v) is 5.12. The van der Waals surface area contributed by atoms with Crippen molar-refractivity contribution in [2.45, 2.75) is 4.21 Å². The molecule has 29 heavy (non-hydrogen) atoms. The van der Waals surface area contributed by atoms with Gasteiger partial charge in [0.1, 0.15) is 9.86 Å². The zero-order chi connectivity index (χ0) is 20.0. The lowest BCUT2D eigenvalue weighted by Gasteiger charge is -2.05. The fourth-order valence-electron chi connectivity index (χ4n) is 3.19. The van der Waals surface area contributed by atoms with Gasteiger partial charge < -0.3 is 0 Å². The molecule has 144 valence electrons. The Morgan fingerprint density at radius 3 is 2.69 bits per heavy atom. The average Bonchev–Trinajstić information content (AvgIpc) is 3.45. The second-order valence-corrected chi connectivity index (χ2v) is 9.88. The minimum Gasteiger partial charge on any atom is -0.298 e. The van der Waals surface area contributed by atoms with Crippen LogP contribution in [0.5, 0.6) is 0 Å². The van der Waals surface area contributed by atoms with Crippen LogP contribution in [0.3, 0.4) is 0 Å². The van der Waals surface area contributed by atoms with Gasteiger partial charge in [-0.15, -0.1) is 11.3 Å². The first-order valence-electron chi connectivity index (χ1n) is 8.73. The normalized spacial score (nSPS) is 11.9. The second kappa shape index (κ2) is 6.64. The number of aromatic nitrogens is 5. The van der Waals surface area contributed by atoms with Crippen LogP contribution >= 0.6 is 11.3 Å². The number of thiophene rings is 1. The molecular formula is C20H15N5O2S2. The van der Waals surface area contributed by atoms with Crippen LogP contribution < -0.4 is 0 Å². The van der Waals surface area contributed by atoms with E-state index in [0.717, 1.165) is 38.7 Å². The smallest absolute Gasteiger partial charge is 0.184 e. The second-order valence-electron chi connectivity index (χ2n) is 6.55. The SMILES string of the molecule is CS(=O)(=O)c1ccc(-c2cnc3ccc(-c4cn[nH]c4-c4ccccn4)cn23)s1. The highest BCUT2D eigenvalue weighted by molar-refractivity contribution is 7.92. The fraction of sp³-hybridized carbons (Fsp3) is 0.0500. The predicted octanol–water partition coefficient (Wildman–Crippen LogP) is 3.92. The largest absolute Gasteiger partial charge is 0.298 e. The Balaban J connectivity index is 1.63. The number of sulfone groups is 1. The minimum atomic E-state index is -3.24. The highest BCUT2D eigenvalue weighted by Gasteiger charge is 2.16. The van der Waals surface area contributed by atoms with Crippen LogP contribution in [0.4, 0.5) is 0 Å². The highest BCUT2D eigenvalue weighted by Crippen LogP contribution is 2.33. The Kier molecular flexibility index (Phi) is 4.07. The van der Waals surface area contributed by atoms with Gasteiger partial charge in [-0.2, -0.15) is 5.10 Å². The van der Waals surface area contributed by atoms with Crippen LogP contribution in [0.15, 0.2) is 71.5 Å². The number of nitrogens with zero attached hydrogens (tertiary/aromatic N) is 4. The van der Waals surface area contributed by atoms with Gasteiger partial charge in [0, 0.05) is 29.8 Å². The number of fused-ring (bicyclic) bond motifs is 1. The Morgan fingerprint density at radius 2 is 1.93 bits per heavy atom. The van der Waals surface area contributed by atoms with Crippen molar-refractivity contribution >= 4 is 26.8 Å². The summed E-state index contributed by atoms with van der Waals surface area (Å²) in [7, 11) is -3.24. The molecule has 0 aliphatic carbocycles. The molecule has 5 aromatic heterocycles. The van der Waals surface area contributed by atoms with Gasteiger partial charge in [-0.3, -0.25) is 14.5 Å². The minimum absolute atomic E-state index is 0.339. The number of hydrogen-bond acceptors (Lipinski definition) is 6. The molecule has 0 spiro atoms. The van der Waals surface area contributed by atoms with Gasteiger partial charge in [-0.25, -0.2) is 13.4 Å². The summed E-state index contributed by atoms with van der Waals surface area (Å²) < 4.78 is 26.0. The number of hydrogen-bond donors (Lipinski definition) is 1. The molecule has 1 N–H and O–H groups in total. The summed E-state index contributed by atoms with van der Waals surface area (Å²) in [6.45, 7) is 0. The van der Waals surface area contributed by atoms with Crippen molar-refractivity contribution < 1.29 is 8.42 Å². The monoisotopic (exact) mass is 421 g/mol. The maximum Gasteiger partial charge on any atom is 0.184 e. The number of H-pyrrole nitrogens is 1. The average molecular weight is 422 g/mol. The first kappa shape index (κ1) is 17.8. The van der Waals surface area contributed by atoms with Crippen LogP contribution in [-0.4, -0.2) is 39.2 Å². The Labute approximate surface area is 170 Å². The van der Waals surface area contributed by atoms with Crippen LogP contribution in [0.1, 0.15) is 0 Å². The zero-order valence-corrected chi connectivity index (χ0v) is 16.9. The lowest BCUT2D eigenvalue weighted by Crippen LogP contribution is -1.92. The summed E-state index contributed by atoms with van der Waals surface area (Å²) in [6, 6.07) is 13.1. The third-order valence-electron chi connectivity index (χ3n) is 4.58. The summed E-state index contributed by atoms with van der Waals surface area (Å²) >= 11 is 1.24. The maximum atomic E-state index is 11.8. The first-order chi connectivity index (χ1) is 14.0. The van der Waals surface area contributed by atoms with E-state index in [-0.39, 0.29) is 0 Å². The van der Waals surface area contributed by atoms with Crippen molar-refractivity contribution in [1.82, 2.24) is 24.6 Å². The van der Waals surface area contributed by atoms with Crippen LogP contribution in [0.25, 0.3) is 38.7 Å². The van der Waals surface area contributed by atoms with Gasteiger partial charge in [0.15, 0.2) is 9.84 Å². The van der Waals surface area contributed by atoms with E-state index in [2.05, 4.69) is 20.2 Å². The molecule has 0 aliphatic rings. The molecule has 0 bridgehead atoms. The molecule has 7 nitrogen and oxygen atoms in total. The van der Waals surface area contributed by atoms with Crippen LogP contribution in [-0.2, 0) is 9.84 Å². The Morgan fingerprint density at radius 1 is 1.03 bits per heavy atom. The third kappa shape index (κ3) is 3.14. The lowest BCUT2D eigenvalue weighted by molar-refractivity contribution is 0.604. The van der Waals surface area contributed by atoms with E-state index >= 15 is 0 Å². The number of imidazole rings is 1. The topological polar surface area (TPSA) is 93.0 Å². The van der Waals surface area contributed by atoms with Crippen molar-refractivity contribution in [3.8, 4) is 33.1 Å². The van der Waals surface area contributed by atoms with Gasteiger partial charge in [-0.05, 0) is 36.4 Å². The van der Waals surface area contributed by atoms with Gasteiger partial charge in [0.05, 0.1) is 34.4 Å². The van der Waals surface area contributed by atoms with E-state index in [0.29, 0.717) is 4.21 Å². The zero-order valence-electron chi connectivity index (χ0n) is 15.3. The summed E-state index contributed by atoms with van der Waals surface area (Å²) in [5, 5.41) is 7.23. The predicted molar refractivity (Wildman–Crippen MR) is 112 cm³/mol. The van der Waals surface area contributed by atoms with Gasteiger partial charge in [0.2, 0.25) is 0 Å². The molecule has 0 aromatic carbocycles. The highest BCUT2D eigenvalue weighted by atomic mass is 32.2. The molecule has 0 saturated heterocycles. The quantitative estimate of drug-likeness (QED) is 0.475. The third-order valence-corrected chi connectivity index (χ3v) is 7.50. The molecule has 0 aliphatic heterocycles. The van der Waals surface area contributed by atoms with Gasteiger partial charge >= 0.3 is 0 Å². The molecule has 5 rings (SSSR count). The Bertz CT molecular complexity index is 1430. The Hall–Kier alpha value is -3.30. The van der Waals surface area contributed by atoms with E-state index in [9.17, 15) is 8.42 Å². The van der Waals surface area contributed by atoms with E-state index in [4.69, 9.17) is 0 Å². The summed E-state index contributed by atoms with van der Waals surface area (Å²) in [6.07, 6.45) is 8.47. The lowest BCUT2D eigenvalue weighted by atomic mass is 10.1. The molecule has 0 amide bonds. The van der Waals surface area contributed by atoms with Crippen molar-refractivity contribution in [3.63, 3.8) is 0 Å². The molecule has 0 unspecified atom stereocenters. The molecule has 5 heterocycles. The molecule has 0 fully saturated rings. The molecular weight excluding hydrogens is 406 g/mol. The molecule has 9 heteroatoms. The van der Waals surface area contributed by atoms with Gasteiger partial charge in [-0.1, -0.05) is 6.07 Å². The molecule has 0 saturated carbocycles. The van der Waals surface area contributed by atoms with E-state index in [1.165, 1.54) is 17.6 Å². The van der Waals surface area contributed by atoms with Crippen molar-refractivity contribution in [1.29, 1.82) is 0 Å². The first-order valence-corrected chi connectivity index (χ1v) is 11.4. The number of aromatic amines is 1. The molecule has 0 radical (unpaired) electrons. The summed E-state index contributed by atoms with van der Waals surface area (Å²) in [4.78, 5) is 9.70. The molecule has 5 aromatic rings. The number of nitrogens with one attached hydrogen (secondary N) is 1. The maximum absolute atomic E-state index is 11.8. The summed E-state index contributed by atoms with van der Waals surface area (Å²) in [5.41, 5.74) is 5.13. The standard InChI is InChI=1S/C20H15N5O2S2/c1-29(26,27)19-8-6-17(28-19)16-11-22-18-7-5-13(12-25(16)18)14-10-23-24-20(14)15-4-2-3-9-21-15/h2-12H,1H3,(H,23,24). The van der Waals surface area contributed by atoms with Crippen LogP contribution in [0.2, 0.25) is 0 Å². The van der Waals surface area contributed by atoms with E-state index in [1.807, 2.05) is 47.0 Å². The van der Waals surface area contributed by atoms with Crippen molar-refractivity contribution in [2.75, 3.05) is 6.26 Å². The van der Waals surface area contributed by atoms with E-state index < -0.39 is 9.84 Å². The van der Waals surface area contributed by atoms with Crippen molar-refractivity contribution in [2.24, 2.45) is 0 Å². The molecule has 0 atom stereocenters.